The number of fused-ring (bicyclic) bond motifs is 2. The van der Waals surface area contributed by atoms with Crippen LogP contribution in [0.3, 0.4) is 0 Å². The Morgan fingerprint density at radius 1 is 0.833 bits per heavy atom. The third-order valence-corrected chi connectivity index (χ3v) is 8.10. The van der Waals surface area contributed by atoms with Gasteiger partial charge < -0.3 is 9.67 Å². The average molecular weight is 473 g/mol. The third-order valence-electron chi connectivity index (χ3n) is 8.10. The van der Waals surface area contributed by atoms with Gasteiger partial charge in [0.25, 0.3) is 0 Å². The summed E-state index contributed by atoms with van der Waals surface area (Å²) in [7, 11) is 0. The number of hydrogen-bond acceptors (Lipinski definition) is 2. The molecule has 36 heavy (non-hydrogen) atoms. The van der Waals surface area contributed by atoms with Crippen molar-refractivity contribution in [3.63, 3.8) is 0 Å². The van der Waals surface area contributed by atoms with Crippen molar-refractivity contribution in [2.45, 2.75) is 51.6 Å². The fraction of sp³-hybridized carbons (Fsp3) is 0.250. The Morgan fingerprint density at radius 2 is 1.56 bits per heavy atom. The third kappa shape index (κ3) is 3.28. The standard InChI is InChI=1S/C32H28N2O2/c35-31-29(27-17-23-13-7-15-25(23)33(27)19-21-9-3-1-4-10-21)32(36)30(31)28-18-24-14-8-16-26(24)34(28)20-22-11-5-2-6-12-22/h1-6,9-12,17-18H,7-8,13-16,19-20H2. The smallest absolute Gasteiger partial charge is 0.216 e. The number of carbonyl (C=O) groups excluding carboxylic acids is 1. The first kappa shape index (κ1) is 21.4. The predicted molar refractivity (Wildman–Crippen MR) is 138 cm³/mol. The van der Waals surface area contributed by atoms with E-state index in [4.69, 9.17) is 0 Å². The van der Waals surface area contributed by atoms with Crippen LogP contribution in [-0.2, 0) is 30.7 Å². The van der Waals surface area contributed by atoms with Gasteiger partial charge in [0.1, 0.15) is 0 Å². The summed E-state index contributed by atoms with van der Waals surface area (Å²) in [4.78, 5) is 13.7. The van der Waals surface area contributed by atoms with Gasteiger partial charge in [0.2, 0.25) is 11.5 Å². The van der Waals surface area contributed by atoms with E-state index in [-0.39, 0.29) is 11.5 Å². The van der Waals surface area contributed by atoms with Gasteiger partial charge in [-0.1, -0.05) is 66.4 Å². The number of benzene rings is 2. The summed E-state index contributed by atoms with van der Waals surface area (Å²) in [5.74, 6) is -0.202. The largest absolute Gasteiger partial charge is 0.871 e. The highest BCUT2D eigenvalue weighted by Crippen LogP contribution is 2.42. The maximum absolute atomic E-state index is 13.7. The summed E-state index contributed by atoms with van der Waals surface area (Å²) >= 11 is 0. The number of carbonyl (C=O) groups is 1. The zero-order valence-corrected chi connectivity index (χ0v) is 20.3. The van der Waals surface area contributed by atoms with Crippen LogP contribution in [0, 0.1) is 0 Å². The Hall–Kier alpha value is -3.92. The topological polar surface area (TPSA) is 48.1 Å². The molecule has 1 saturated carbocycles. The molecule has 4 heteroatoms. The molecule has 7 rings (SSSR count). The summed E-state index contributed by atoms with van der Waals surface area (Å²) in [5, 5.41) is 13.7. The highest BCUT2D eigenvalue weighted by Gasteiger charge is 2.42. The van der Waals surface area contributed by atoms with Gasteiger partial charge in [-0.05, 0) is 49.3 Å². The second-order valence-electron chi connectivity index (χ2n) is 10.3. The van der Waals surface area contributed by atoms with E-state index < -0.39 is 0 Å². The molecule has 3 aromatic rings. The number of Topliss-reactive ketones (excluding diaryl/α,β-unsaturated/α-hetero) is 1. The summed E-state index contributed by atoms with van der Waals surface area (Å²) < 4.78 is 4.45. The number of ketones is 1. The molecule has 0 spiro atoms. The summed E-state index contributed by atoms with van der Waals surface area (Å²) in [6.45, 7) is 1.37. The molecule has 4 nitrogen and oxygen atoms in total. The quantitative estimate of drug-likeness (QED) is 0.399. The number of aryl methyl sites for hydroxylation is 1. The van der Waals surface area contributed by atoms with E-state index >= 15 is 0 Å². The minimum Gasteiger partial charge on any atom is -0.871 e. The molecule has 1 fully saturated rings. The Kier molecular flexibility index (Phi) is 4.95. The predicted octanol–water partition coefficient (Wildman–Crippen LogP) is 4.71. The molecule has 0 amide bonds. The maximum atomic E-state index is 13.7. The lowest BCUT2D eigenvalue weighted by molar-refractivity contribution is -0.487. The number of allylic oxidation sites excluding steroid dienone is 4. The van der Waals surface area contributed by atoms with Crippen molar-refractivity contribution in [3.8, 4) is 0 Å². The van der Waals surface area contributed by atoms with Crippen molar-refractivity contribution in [1.29, 1.82) is 0 Å². The minimum absolute atomic E-state index is 0.101. The van der Waals surface area contributed by atoms with E-state index in [0.717, 1.165) is 49.9 Å². The van der Waals surface area contributed by atoms with Crippen LogP contribution in [0.2, 0.25) is 0 Å². The summed E-state index contributed by atoms with van der Waals surface area (Å²) in [6.07, 6.45) is 8.41. The molecule has 2 aromatic carbocycles. The lowest BCUT2D eigenvalue weighted by atomic mass is 9.84. The molecule has 3 aliphatic carbocycles. The number of nitrogens with zero attached hydrogens (tertiary/aromatic N) is 2. The molecule has 1 aromatic heterocycles. The molecule has 0 unspecified atom stereocenters. The fourth-order valence-electron chi connectivity index (χ4n) is 6.37. The van der Waals surface area contributed by atoms with Crippen molar-refractivity contribution in [3.05, 3.63) is 123 Å². The minimum atomic E-state index is -0.101. The van der Waals surface area contributed by atoms with Gasteiger partial charge in [0.15, 0.2) is 12.3 Å². The van der Waals surface area contributed by atoms with Crippen LogP contribution in [0.15, 0.2) is 95.4 Å². The van der Waals surface area contributed by atoms with E-state index in [2.05, 4.69) is 45.6 Å². The van der Waals surface area contributed by atoms with Crippen LogP contribution in [0.1, 0.15) is 53.8 Å². The molecule has 0 atom stereocenters. The monoisotopic (exact) mass is 472 g/mol. The highest BCUT2D eigenvalue weighted by atomic mass is 16.3. The zero-order valence-electron chi connectivity index (χ0n) is 20.3. The van der Waals surface area contributed by atoms with Gasteiger partial charge in [0.05, 0.1) is 11.3 Å². The molecule has 4 aliphatic rings. The van der Waals surface area contributed by atoms with E-state index in [1.807, 2.05) is 36.4 Å². The van der Waals surface area contributed by atoms with Crippen molar-refractivity contribution >= 4 is 17.1 Å². The average Bonchev–Trinajstić information content (AvgIpc) is 3.66. The van der Waals surface area contributed by atoms with E-state index in [0.29, 0.717) is 24.2 Å². The zero-order chi connectivity index (χ0) is 24.2. The summed E-state index contributed by atoms with van der Waals surface area (Å²) in [6, 6.07) is 22.7. The van der Waals surface area contributed by atoms with Crippen LogP contribution < -0.4 is 5.11 Å². The molecule has 0 saturated heterocycles. The normalized spacial score (nSPS) is 20.7. The molecule has 1 aliphatic heterocycles. The second-order valence-corrected chi connectivity index (χ2v) is 10.3. The Bertz CT molecular complexity index is 1530. The molecular formula is C32H28N2O2. The molecule has 0 bridgehead atoms. The van der Waals surface area contributed by atoms with Crippen molar-refractivity contribution < 1.29 is 14.5 Å². The van der Waals surface area contributed by atoms with Gasteiger partial charge in [-0.3, -0.25) is 4.79 Å². The molecule has 0 radical (unpaired) electrons. The Labute approximate surface area is 211 Å². The highest BCUT2D eigenvalue weighted by molar-refractivity contribution is 6.39. The molecule has 0 N–H and O–H groups in total. The van der Waals surface area contributed by atoms with Gasteiger partial charge in [-0.2, -0.15) is 4.58 Å². The van der Waals surface area contributed by atoms with E-state index in [9.17, 15) is 9.90 Å². The van der Waals surface area contributed by atoms with Gasteiger partial charge >= 0.3 is 0 Å². The van der Waals surface area contributed by atoms with Crippen LogP contribution >= 0.6 is 0 Å². The first-order chi connectivity index (χ1) is 17.7. The summed E-state index contributed by atoms with van der Waals surface area (Å²) in [5.41, 5.74) is 9.83. The second kappa shape index (κ2) is 8.34. The van der Waals surface area contributed by atoms with Crippen molar-refractivity contribution in [2.24, 2.45) is 0 Å². The van der Waals surface area contributed by atoms with Gasteiger partial charge in [0, 0.05) is 41.4 Å². The van der Waals surface area contributed by atoms with E-state index in [1.54, 1.807) is 0 Å². The number of aromatic nitrogens is 1. The lowest BCUT2D eigenvalue weighted by Gasteiger charge is -2.31. The van der Waals surface area contributed by atoms with E-state index in [1.165, 1.54) is 33.7 Å². The first-order valence-corrected chi connectivity index (χ1v) is 13.0. The van der Waals surface area contributed by atoms with Crippen molar-refractivity contribution in [1.82, 2.24) is 4.57 Å². The lowest BCUT2D eigenvalue weighted by Crippen LogP contribution is -2.33. The van der Waals surface area contributed by atoms with Crippen LogP contribution in [-0.4, -0.2) is 20.6 Å². The maximum Gasteiger partial charge on any atom is 0.216 e. The van der Waals surface area contributed by atoms with Crippen molar-refractivity contribution in [2.75, 3.05) is 0 Å². The number of hydrogen-bond donors (Lipinski definition) is 0. The van der Waals surface area contributed by atoms with Gasteiger partial charge in [-0.25, -0.2) is 0 Å². The molecular weight excluding hydrogens is 444 g/mol. The van der Waals surface area contributed by atoms with Gasteiger partial charge in [-0.15, -0.1) is 0 Å². The fourth-order valence-corrected chi connectivity index (χ4v) is 6.37. The van der Waals surface area contributed by atoms with Crippen LogP contribution in [0.5, 0.6) is 0 Å². The Balaban J connectivity index is 1.32. The number of rotatable bonds is 5. The first-order valence-electron chi connectivity index (χ1n) is 13.0. The molecule has 178 valence electrons. The van der Waals surface area contributed by atoms with Crippen LogP contribution in [0.4, 0.5) is 0 Å². The molecule has 2 heterocycles. The SMILES string of the molecule is O=C1C(c2cc3c(n2Cc2ccccc2)CCC3)=C([O-])/C1=C1\C=C2CCCC2=[N+]1Cc1ccccc1. The Morgan fingerprint density at radius 3 is 2.31 bits per heavy atom. The van der Waals surface area contributed by atoms with Crippen LogP contribution in [0.25, 0.3) is 5.57 Å².